The highest BCUT2D eigenvalue weighted by Crippen LogP contribution is 2.28. The zero-order valence-corrected chi connectivity index (χ0v) is 14.9. The van der Waals surface area contributed by atoms with Crippen LogP contribution in [0.5, 0.6) is 5.75 Å². The van der Waals surface area contributed by atoms with Crippen molar-refractivity contribution in [3.8, 4) is 17.1 Å². The standard InChI is InChI=1S/C18H13Cl2FN2O3/c19-12-6-9-15(14(20)10-12)25-17(24)3-1-2-16-22-18(23-26-16)11-4-7-13(21)8-5-11/h4-10H,1-3H2. The summed E-state index contributed by atoms with van der Waals surface area (Å²) in [6.45, 7) is 0. The molecule has 0 aliphatic rings. The summed E-state index contributed by atoms with van der Waals surface area (Å²) in [5, 5.41) is 4.58. The van der Waals surface area contributed by atoms with Gasteiger partial charge in [-0.3, -0.25) is 4.79 Å². The van der Waals surface area contributed by atoms with Crippen LogP contribution in [-0.4, -0.2) is 16.1 Å². The summed E-state index contributed by atoms with van der Waals surface area (Å²) in [5.74, 6) is 0.263. The molecule has 0 radical (unpaired) electrons. The molecule has 3 rings (SSSR count). The first-order valence-electron chi connectivity index (χ1n) is 7.75. The number of hydrogen-bond donors (Lipinski definition) is 0. The van der Waals surface area contributed by atoms with Crippen LogP contribution in [0.3, 0.4) is 0 Å². The van der Waals surface area contributed by atoms with E-state index in [1.165, 1.54) is 24.3 Å². The van der Waals surface area contributed by atoms with Crippen molar-refractivity contribution in [2.75, 3.05) is 0 Å². The van der Waals surface area contributed by atoms with E-state index in [1.807, 2.05) is 0 Å². The molecule has 0 saturated carbocycles. The largest absolute Gasteiger partial charge is 0.425 e. The van der Waals surface area contributed by atoms with Crippen LogP contribution in [0, 0.1) is 5.82 Å². The normalized spacial score (nSPS) is 10.7. The average molecular weight is 395 g/mol. The highest BCUT2D eigenvalue weighted by molar-refractivity contribution is 6.35. The fourth-order valence-corrected chi connectivity index (χ4v) is 2.64. The fraction of sp³-hybridized carbons (Fsp3) is 0.167. The second kappa shape index (κ2) is 8.29. The average Bonchev–Trinajstić information content (AvgIpc) is 3.07. The molecule has 1 heterocycles. The lowest BCUT2D eigenvalue weighted by molar-refractivity contribution is -0.134. The topological polar surface area (TPSA) is 65.2 Å². The Labute approximate surface area is 158 Å². The molecule has 26 heavy (non-hydrogen) atoms. The molecule has 0 unspecified atom stereocenters. The Morgan fingerprint density at radius 3 is 2.65 bits per heavy atom. The van der Waals surface area contributed by atoms with Crippen LogP contribution in [-0.2, 0) is 11.2 Å². The summed E-state index contributed by atoms with van der Waals surface area (Å²) in [6.07, 6.45) is 1.04. The number of esters is 1. The van der Waals surface area contributed by atoms with Gasteiger partial charge >= 0.3 is 5.97 Å². The molecular weight excluding hydrogens is 382 g/mol. The van der Waals surface area contributed by atoms with E-state index in [-0.39, 0.29) is 23.0 Å². The molecule has 0 atom stereocenters. The second-order valence-electron chi connectivity index (χ2n) is 5.42. The SMILES string of the molecule is O=C(CCCc1nc(-c2ccc(F)cc2)no1)Oc1ccc(Cl)cc1Cl. The molecule has 0 saturated heterocycles. The van der Waals surface area contributed by atoms with Gasteiger partial charge in [-0.2, -0.15) is 4.98 Å². The van der Waals surface area contributed by atoms with Crippen molar-refractivity contribution in [3.05, 3.63) is 64.2 Å². The van der Waals surface area contributed by atoms with Crippen molar-refractivity contribution in [2.24, 2.45) is 0 Å². The van der Waals surface area contributed by atoms with Crippen molar-refractivity contribution in [2.45, 2.75) is 19.3 Å². The van der Waals surface area contributed by atoms with Crippen molar-refractivity contribution < 1.29 is 18.4 Å². The van der Waals surface area contributed by atoms with Crippen LogP contribution in [0.1, 0.15) is 18.7 Å². The summed E-state index contributed by atoms with van der Waals surface area (Å²) >= 11 is 11.7. The summed E-state index contributed by atoms with van der Waals surface area (Å²) in [4.78, 5) is 16.1. The van der Waals surface area contributed by atoms with Crippen LogP contribution in [0.15, 0.2) is 47.0 Å². The molecule has 0 aliphatic carbocycles. The number of hydrogen-bond acceptors (Lipinski definition) is 5. The number of halogens is 3. The Hall–Kier alpha value is -2.44. The van der Waals surface area contributed by atoms with Gasteiger partial charge in [0.15, 0.2) is 0 Å². The van der Waals surface area contributed by atoms with E-state index in [9.17, 15) is 9.18 Å². The van der Waals surface area contributed by atoms with Gasteiger partial charge in [-0.1, -0.05) is 28.4 Å². The van der Waals surface area contributed by atoms with Gasteiger partial charge in [0, 0.05) is 23.4 Å². The van der Waals surface area contributed by atoms with Crippen LogP contribution >= 0.6 is 23.2 Å². The number of carbonyl (C=O) groups is 1. The molecular formula is C18H13Cl2FN2O3. The molecule has 0 amide bonds. The Balaban J connectivity index is 1.50. The number of nitrogens with zero attached hydrogens (tertiary/aromatic N) is 2. The Morgan fingerprint density at radius 1 is 1.15 bits per heavy atom. The lowest BCUT2D eigenvalue weighted by Gasteiger charge is -2.05. The minimum absolute atomic E-state index is 0.160. The molecule has 0 aliphatic heterocycles. The quantitative estimate of drug-likeness (QED) is 0.429. The maximum absolute atomic E-state index is 12.9. The van der Waals surface area contributed by atoms with E-state index in [4.69, 9.17) is 32.5 Å². The smallest absolute Gasteiger partial charge is 0.311 e. The van der Waals surface area contributed by atoms with Gasteiger partial charge in [-0.05, 0) is 48.9 Å². The molecule has 5 nitrogen and oxygen atoms in total. The summed E-state index contributed by atoms with van der Waals surface area (Å²) < 4.78 is 23.3. The molecule has 2 aromatic carbocycles. The van der Waals surface area contributed by atoms with Gasteiger partial charge < -0.3 is 9.26 Å². The van der Waals surface area contributed by atoms with Crippen LogP contribution in [0.4, 0.5) is 4.39 Å². The van der Waals surface area contributed by atoms with E-state index >= 15 is 0 Å². The summed E-state index contributed by atoms with van der Waals surface area (Å²) in [6, 6.07) is 10.4. The molecule has 0 spiro atoms. The first-order valence-corrected chi connectivity index (χ1v) is 8.51. The number of aryl methyl sites for hydroxylation is 1. The predicted octanol–water partition coefficient (Wildman–Crippen LogP) is 5.11. The van der Waals surface area contributed by atoms with Crippen LogP contribution in [0.25, 0.3) is 11.4 Å². The van der Waals surface area contributed by atoms with Crippen molar-refractivity contribution in [1.29, 1.82) is 0 Å². The molecule has 1 aromatic heterocycles. The Morgan fingerprint density at radius 2 is 1.92 bits per heavy atom. The van der Waals surface area contributed by atoms with Crippen LogP contribution < -0.4 is 4.74 Å². The van der Waals surface area contributed by atoms with E-state index in [0.717, 1.165) is 0 Å². The van der Waals surface area contributed by atoms with Crippen molar-refractivity contribution in [3.63, 3.8) is 0 Å². The van der Waals surface area contributed by atoms with E-state index < -0.39 is 5.97 Å². The highest BCUT2D eigenvalue weighted by Gasteiger charge is 2.12. The maximum Gasteiger partial charge on any atom is 0.311 e. The zero-order valence-electron chi connectivity index (χ0n) is 13.4. The number of aromatic nitrogens is 2. The minimum atomic E-state index is -0.424. The van der Waals surface area contributed by atoms with Gasteiger partial charge in [0.1, 0.15) is 11.6 Å². The second-order valence-corrected chi connectivity index (χ2v) is 6.26. The maximum atomic E-state index is 12.9. The minimum Gasteiger partial charge on any atom is -0.425 e. The third-order valence-corrected chi connectivity index (χ3v) is 3.99. The molecule has 0 N–H and O–H groups in total. The molecule has 8 heteroatoms. The number of carbonyl (C=O) groups excluding carboxylic acids is 1. The van der Waals surface area contributed by atoms with E-state index in [1.54, 1.807) is 18.2 Å². The Bertz CT molecular complexity index is 913. The third kappa shape index (κ3) is 4.80. The zero-order chi connectivity index (χ0) is 18.5. The monoisotopic (exact) mass is 394 g/mol. The van der Waals surface area contributed by atoms with E-state index in [2.05, 4.69) is 10.1 Å². The highest BCUT2D eigenvalue weighted by atomic mass is 35.5. The number of rotatable bonds is 6. The molecule has 3 aromatic rings. The lowest BCUT2D eigenvalue weighted by atomic mass is 10.2. The molecule has 134 valence electrons. The van der Waals surface area contributed by atoms with Crippen molar-refractivity contribution in [1.82, 2.24) is 10.1 Å². The Kier molecular flexibility index (Phi) is 5.85. The lowest BCUT2D eigenvalue weighted by Crippen LogP contribution is -2.08. The number of benzene rings is 2. The van der Waals surface area contributed by atoms with Crippen molar-refractivity contribution >= 4 is 29.2 Å². The third-order valence-electron chi connectivity index (χ3n) is 3.46. The van der Waals surface area contributed by atoms with E-state index in [0.29, 0.717) is 35.1 Å². The first-order chi connectivity index (χ1) is 12.5. The fourth-order valence-electron chi connectivity index (χ4n) is 2.19. The number of ether oxygens (including phenoxy) is 1. The first kappa shape index (κ1) is 18.4. The van der Waals surface area contributed by atoms with Gasteiger partial charge in [-0.15, -0.1) is 0 Å². The van der Waals surface area contributed by atoms with Gasteiger partial charge in [0.05, 0.1) is 5.02 Å². The van der Waals surface area contributed by atoms with Gasteiger partial charge in [-0.25, -0.2) is 4.39 Å². The van der Waals surface area contributed by atoms with Gasteiger partial charge in [0.2, 0.25) is 11.7 Å². The van der Waals surface area contributed by atoms with Crippen LogP contribution in [0.2, 0.25) is 10.0 Å². The predicted molar refractivity (Wildman–Crippen MR) is 94.7 cm³/mol. The molecule has 0 bridgehead atoms. The summed E-state index contributed by atoms with van der Waals surface area (Å²) in [7, 11) is 0. The summed E-state index contributed by atoms with van der Waals surface area (Å²) in [5.41, 5.74) is 0.651. The van der Waals surface area contributed by atoms with Gasteiger partial charge in [0.25, 0.3) is 0 Å². The molecule has 0 fully saturated rings.